The molecule has 0 fully saturated rings. The normalized spacial score (nSPS) is 12.4. The Bertz CT molecular complexity index is 1230. The van der Waals surface area contributed by atoms with Gasteiger partial charge in [0.2, 0.25) is 5.89 Å². The zero-order chi connectivity index (χ0) is 19.8. The molecule has 4 rings (SSSR count). The first-order valence-corrected chi connectivity index (χ1v) is 9.89. The maximum atomic E-state index is 13.4. The van der Waals surface area contributed by atoms with E-state index in [0.29, 0.717) is 27.8 Å². The molecule has 1 unspecified atom stereocenters. The molecule has 4 aromatic rings. The molecular weight excluding hydrogens is 372 g/mol. The van der Waals surface area contributed by atoms with Gasteiger partial charge in [0.05, 0.1) is 21.8 Å². The molecule has 0 bridgehead atoms. The summed E-state index contributed by atoms with van der Waals surface area (Å²) in [6.45, 7) is 7.80. The van der Waals surface area contributed by atoms with E-state index in [1.165, 1.54) is 11.8 Å². The number of thioether (sulfide) groups is 1. The molecule has 0 spiro atoms. The zero-order valence-electron chi connectivity index (χ0n) is 16.1. The van der Waals surface area contributed by atoms with E-state index in [9.17, 15) is 4.79 Å². The lowest BCUT2D eigenvalue weighted by molar-refractivity contribution is 0.376. The fraction of sp³-hybridized carbons (Fsp3) is 0.238. The number of benzene rings is 2. The van der Waals surface area contributed by atoms with Gasteiger partial charge in [0.25, 0.3) is 5.56 Å². The number of aromatic nitrogens is 4. The number of rotatable bonds is 4. The summed E-state index contributed by atoms with van der Waals surface area (Å²) < 4.78 is 7.00. The molecule has 0 aliphatic heterocycles. The molecule has 2 aromatic carbocycles. The third kappa shape index (κ3) is 3.22. The van der Waals surface area contributed by atoms with Crippen molar-refractivity contribution in [2.45, 2.75) is 38.1 Å². The summed E-state index contributed by atoms with van der Waals surface area (Å²) in [5.74, 6) is 1.10. The van der Waals surface area contributed by atoms with Gasteiger partial charge >= 0.3 is 0 Å². The number of fused-ring (bicyclic) bond motifs is 1. The van der Waals surface area contributed by atoms with Gasteiger partial charge in [0.15, 0.2) is 11.0 Å². The highest BCUT2D eigenvalue weighted by atomic mass is 32.2. The van der Waals surface area contributed by atoms with Crippen LogP contribution < -0.4 is 5.56 Å². The van der Waals surface area contributed by atoms with Gasteiger partial charge in [-0.1, -0.05) is 41.2 Å². The first-order valence-electron chi connectivity index (χ1n) is 9.01. The second kappa shape index (κ2) is 7.24. The second-order valence-electron chi connectivity index (χ2n) is 6.71. The summed E-state index contributed by atoms with van der Waals surface area (Å²) >= 11 is 1.43. The molecule has 0 N–H and O–H groups in total. The lowest BCUT2D eigenvalue weighted by Gasteiger charge is -2.17. The van der Waals surface area contributed by atoms with Crippen molar-refractivity contribution in [3.8, 4) is 5.69 Å². The van der Waals surface area contributed by atoms with Gasteiger partial charge in [0, 0.05) is 0 Å². The van der Waals surface area contributed by atoms with Crippen LogP contribution in [0.1, 0.15) is 35.0 Å². The van der Waals surface area contributed by atoms with Gasteiger partial charge in [0.1, 0.15) is 0 Å². The third-order valence-electron chi connectivity index (χ3n) is 4.74. The van der Waals surface area contributed by atoms with Crippen LogP contribution in [-0.4, -0.2) is 19.7 Å². The van der Waals surface area contributed by atoms with Crippen LogP contribution in [0.3, 0.4) is 0 Å². The summed E-state index contributed by atoms with van der Waals surface area (Å²) in [5.41, 5.74) is 3.58. The van der Waals surface area contributed by atoms with E-state index < -0.39 is 0 Å². The summed E-state index contributed by atoms with van der Waals surface area (Å²) in [4.78, 5) is 22.5. The third-order valence-corrected chi connectivity index (χ3v) is 5.77. The maximum absolute atomic E-state index is 13.4. The first kappa shape index (κ1) is 18.4. The number of hydrogen-bond acceptors (Lipinski definition) is 6. The second-order valence-corrected chi connectivity index (χ2v) is 8.02. The van der Waals surface area contributed by atoms with E-state index in [-0.39, 0.29) is 10.8 Å². The number of aryl methyl sites for hydroxylation is 2. The van der Waals surface area contributed by atoms with E-state index in [2.05, 4.69) is 10.1 Å². The van der Waals surface area contributed by atoms with Gasteiger partial charge in [-0.2, -0.15) is 4.98 Å². The highest BCUT2D eigenvalue weighted by molar-refractivity contribution is 7.99. The van der Waals surface area contributed by atoms with Crippen LogP contribution in [0.2, 0.25) is 0 Å². The monoisotopic (exact) mass is 392 g/mol. The van der Waals surface area contributed by atoms with Crippen LogP contribution >= 0.6 is 11.8 Å². The van der Waals surface area contributed by atoms with Crippen molar-refractivity contribution in [3.05, 3.63) is 75.7 Å². The molecule has 0 saturated heterocycles. The van der Waals surface area contributed by atoms with Crippen LogP contribution in [0.5, 0.6) is 0 Å². The number of hydrogen-bond donors (Lipinski definition) is 0. The number of nitrogens with zero attached hydrogens (tertiary/aromatic N) is 4. The topological polar surface area (TPSA) is 73.8 Å². The Labute approximate surface area is 166 Å². The summed E-state index contributed by atoms with van der Waals surface area (Å²) in [5, 5.41) is 4.91. The molecule has 142 valence electrons. The van der Waals surface area contributed by atoms with E-state index in [4.69, 9.17) is 9.51 Å². The van der Waals surface area contributed by atoms with Gasteiger partial charge < -0.3 is 4.52 Å². The average Bonchev–Trinajstić information content (AvgIpc) is 3.12. The summed E-state index contributed by atoms with van der Waals surface area (Å²) in [7, 11) is 0. The Hall–Kier alpha value is -2.93. The van der Waals surface area contributed by atoms with E-state index in [1.54, 1.807) is 11.5 Å². The van der Waals surface area contributed by atoms with Crippen molar-refractivity contribution in [2.24, 2.45) is 0 Å². The van der Waals surface area contributed by atoms with Crippen LogP contribution in [-0.2, 0) is 0 Å². The van der Waals surface area contributed by atoms with Crippen molar-refractivity contribution in [2.75, 3.05) is 0 Å². The molecule has 1 atom stereocenters. The van der Waals surface area contributed by atoms with E-state index >= 15 is 0 Å². The van der Waals surface area contributed by atoms with Crippen molar-refractivity contribution >= 4 is 22.7 Å². The highest BCUT2D eigenvalue weighted by Crippen LogP contribution is 2.34. The first-order chi connectivity index (χ1) is 13.5. The molecule has 2 aromatic heterocycles. The zero-order valence-corrected chi connectivity index (χ0v) is 16.9. The predicted molar refractivity (Wildman–Crippen MR) is 110 cm³/mol. The smallest absolute Gasteiger partial charge is 0.266 e. The Balaban J connectivity index is 1.93. The van der Waals surface area contributed by atoms with Crippen LogP contribution in [0.4, 0.5) is 0 Å². The largest absolute Gasteiger partial charge is 0.338 e. The Morgan fingerprint density at radius 3 is 2.57 bits per heavy atom. The van der Waals surface area contributed by atoms with Crippen molar-refractivity contribution in [3.63, 3.8) is 0 Å². The standard InChI is InChI=1S/C21H20N4O2S/c1-12-8-7-11-18(13(12)2)25-20(26)16-9-5-6-10-17(16)23-21(25)28-14(3)19-22-15(4)24-27-19/h5-11,14H,1-4H3. The summed E-state index contributed by atoms with van der Waals surface area (Å²) in [6.07, 6.45) is 0. The van der Waals surface area contributed by atoms with Crippen LogP contribution in [0, 0.1) is 20.8 Å². The molecule has 0 aliphatic rings. The SMILES string of the molecule is Cc1noc(C(C)Sc2nc3ccccc3c(=O)n2-c2cccc(C)c2C)n1. The molecule has 0 aliphatic carbocycles. The molecule has 28 heavy (non-hydrogen) atoms. The molecular formula is C21H20N4O2S. The van der Waals surface area contributed by atoms with Crippen molar-refractivity contribution in [1.29, 1.82) is 0 Å². The average molecular weight is 392 g/mol. The van der Waals surface area contributed by atoms with E-state index in [0.717, 1.165) is 16.8 Å². The van der Waals surface area contributed by atoms with Crippen LogP contribution in [0.25, 0.3) is 16.6 Å². The lowest BCUT2D eigenvalue weighted by atomic mass is 10.1. The minimum atomic E-state index is -0.148. The van der Waals surface area contributed by atoms with Gasteiger partial charge in [-0.25, -0.2) is 4.98 Å². The van der Waals surface area contributed by atoms with E-state index in [1.807, 2.05) is 63.2 Å². The van der Waals surface area contributed by atoms with Gasteiger partial charge in [-0.15, -0.1) is 0 Å². The molecule has 0 saturated carbocycles. The van der Waals surface area contributed by atoms with Crippen molar-refractivity contribution in [1.82, 2.24) is 19.7 Å². The molecule has 0 radical (unpaired) electrons. The summed E-state index contributed by atoms with van der Waals surface area (Å²) in [6, 6.07) is 13.4. The Kier molecular flexibility index (Phi) is 4.77. The minimum Gasteiger partial charge on any atom is -0.338 e. The Morgan fingerprint density at radius 2 is 1.82 bits per heavy atom. The fourth-order valence-electron chi connectivity index (χ4n) is 3.07. The van der Waals surface area contributed by atoms with Crippen LogP contribution in [0.15, 0.2) is 56.9 Å². The molecule has 6 nitrogen and oxygen atoms in total. The lowest BCUT2D eigenvalue weighted by Crippen LogP contribution is -2.23. The predicted octanol–water partition coefficient (Wildman–Crippen LogP) is 4.55. The van der Waals surface area contributed by atoms with Crippen molar-refractivity contribution < 1.29 is 4.52 Å². The quantitative estimate of drug-likeness (QED) is 0.375. The van der Waals surface area contributed by atoms with Gasteiger partial charge in [-0.3, -0.25) is 9.36 Å². The highest BCUT2D eigenvalue weighted by Gasteiger charge is 2.21. The molecule has 7 heteroatoms. The molecule has 0 amide bonds. The Morgan fingerprint density at radius 1 is 1.04 bits per heavy atom. The minimum absolute atomic E-state index is 0.0873. The fourth-order valence-corrected chi connectivity index (χ4v) is 4.02. The maximum Gasteiger partial charge on any atom is 0.266 e. The number of para-hydroxylation sites is 1. The molecule has 2 heterocycles. The van der Waals surface area contributed by atoms with Gasteiger partial charge in [-0.05, 0) is 57.0 Å².